The van der Waals surface area contributed by atoms with Crippen LogP contribution in [0.4, 0.5) is 0 Å². The highest BCUT2D eigenvalue weighted by Crippen LogP contribution is 2.20. The third kappa shape index (κ3) is 15.9. The smallest absolute Gasteiger partial charge is 0.339 e. The summed E-state index contributed by atoms with van der Waals surface area (Å²) in [5, 5.41) is 22.0. The second-order valence-corrected chi connectivity index (χ2v) is 10.9. The SMILES string of the molecule is CC/C=C\C/C=C\C/C=C\C/C=C\C/C=C\CCC(CC)C(=O)NC(CC(C)C)C(=O)Cc1ccc(O)c(C(=O)O)c1. The van der Waals surface area contributed by atoms with Crippen LogP contribution in [-0.4, -0.2) is 33.9 Å². The third-order valence-electron chi connectivity index (χ3n) is 6.79. The normalized spacial score (nSPS) is 13.7. The number of ketones is 1. The van der Waals surface area contributed by atoms with Gasteiger partial charge in [-0.2, -0.15) is 0 Å². The van der Waals surface area contributed by atoms with Gasteiger partial charge in [-0.15, -0.1) is 0 Å². The molecule has 0 bridgehead atoms. The number of hydrogen-bond donors (Lipinski definition) is 3. The van der Waals surface area contributed by atoms with Crippen LogP contribution in [0, 0.1) is 11.8 Å². The number of aromatic carboxylic acids is 1. The molecule has 0 saturated carbocycles. The van der Waals surface area contributed by atoms with Crippen LogP contribution >= 0.6 is 0 Å². The summed E-state index contributed by atoms with van der Waals surface area (Å²) in [6.07, 6.45) is 29.1. The monoisotopic (exact) mass is 577 g/mol. The van der Waals surface area contributed by atoms with Gasteiger partial charge in [0.15, 0.2) is 5.78 Å². The summed E-state index contributed by atoms with van der Waals surface area (Å²) < 4.78 is 0. The molecular weight excluding hydrogens is 526 g/mol. The minimum absolute atomic E-state index is 0.0188. The van der Waals surface area contributed by atoms with Gasteiger partial charge in [0.05, 0.1) is 6.04 Å². The number of phenols is 1. The summed E-state index contributed by atoms with van der Waals surface area (Å²) >= 11 is 0. The molecule has 6 heteroatoms. The summed E-state index contributed by atoms with van der Waals surface area (Å²) in [5.74, 6) is -1.90. The van der Waals surface area contributed by atoms with E-state index < -0.39 is 12.0 Å². The first kappa shape index (κ1) is 36.4. The maximum absolute atomic E-state index is 13.1. The van der Waals surface area contributed by atoms with Gasteiger partial charge in [0.2, 0.25) is 5.91 Å². The number of amides is 1. The van der Waals surface area contributed by atoms with E-state index in [1.165, 1.54) is 18.2 Å². The molecule has 1 rings (SSSR count). The molecule has 0 aliphatic heterocycles. The third-order valence-corrected chi connectivity index (χ3v) is 6.79. The van der Waals surface area contributed by atoms with Crippen LogP contribution in [0.25, 0.3) is 0 Å². The van der Waals surface area contributed by atoms with Crippen molar-refractivity contribution in [3.05, 3.63) is 90.1 Å². The fourth-order valence-electron chi connectivity index (χ4n) is 4.41. The Morgan fingerprint density at radius 1 is 0.833 bits per heavy atom. The average molecular weight is 578 g/mol. The van der Waals surface area contributed by atoms with E-state index in [2.05, 4.69) is 73.0 Å². The maximum atomic E-state index is 13.1. The second kappa shape index (κ2) is 22.0. The van der Waals surface area contributed by atoms with Crippen LogP contribution in [0.5, 0.6) is 5.75 Å². The van der Waals surface area contributed by atoms with Crippen LogP contribution < -0.4 is 5.32 Å². The molecule has 0 aromatic heterocycles. The Bertz CT molecular complexity index is 1110. The van der Waals surface area contributed by atoms with Crippen LogP contribution in [-0.2, 0) is 16.0 Å². The molecule has 2 atom stereocenters. The Balaban J connectivity index is 2.51. The highest BCUT2D eigenvalue weighted by atomic mass is 16.4. The van der Waals surface area contributed by atoms with Gasteiger partial charge in [0.25, 0.3) is 0 Å². The first-order valence-electron chi connectivity index (χ1n) is 15.3. The molecule has 1 aromatic carbocycles. The van der Waals surface area contributed by atoms with E-state index in [1.807, 2.05) is 20.8 Å². The van der Waals surface area contributed by atoms with Gasteiger partial charge in [-0.3, -0.25) is 9.59 Å². The van der Waals surface area contributed by atoms with Crippen molar-refractivity contribution in [3.63, 3.8) is 0 Å². The fourth-order valence-corrected chi connectivity index (χ4v) is 4.41. The van der Waals surface area contributed by atoms with Crippen molar-refractivity contribution in [2.45, 2.75) is 97.9 Å². The number of carboxylic acids is 1. The Kier molecular flexibility index (Phi) is 19.0. The van der Waals surface area contributed by atoms with E-state index in [-0.39, 0.29) is 41.3 Å². The molecule has 230 valence electrons. The quantitative estimate of drug-likeness (QED) is 0.128. The van der Waals surface area contributed by atoms with Crippen molar-refractivity contribution < 1.29 is 24.6 Å². The zero-order chi connectivity index (χ0) is 31.2. The minimum Gasteiger partial charge on any atom is -0.507 e. The lowest BCUT2D eigenvalue weighted by atomic mass is 9.93. The summed E-state index contributed by atoms with van der Waals surface area (Å²) in [4.78, 5) is 37.5. The van der Waals surface area contributed by atoms with E-state index in [0.717, 1.165) is 38.5 Å². The van der Waals surface area contributed by atoms with Gasteiger partial charge < -0.3 is 15.5 Å². The number of Topliss-reactive ketones (excluding diaryl/α,β-unsaturated/α-hetero) is 1. The van der Waals surface area contributed by atoms with Gasteiger partial charge in [-0.05, 0) is 81.4 Å². The molecule has 6 nitrogen and oxygen atoms in total. The van der Waals surface area contributed by atoms with Gasteiger partial charge in [0.1, 0.15) is 11.3 Å². The molecule has 0 saturated heterocycles. The predicted octanol–water partition coefficient (Wildman–Crippen LogP) is 8.29. The molecule has 0 fully saturated rings. The number of carbonyl (C=O) groups excluding carboxylic acids is 2. The van der Waals surface area contributed by atoms with E-state index in [1.54, 1.807) is 0 Å². The number of benzene rings is 1. The number of hydrogen-bond acceptors (Lipinski definition) is 4. The molecule has 0 radical (unpaired) electrons. The Labute approximate surface area is 253 Å². The number of rotatable bonds is 21. The summed E-state index contributed by atoms with van der Waals surface area (Å²) in [5.41, 5.74) is 0.245. The topological polar surface area (TPSA) is 104 Å². The highest BCUT2D eigenvalue weighted by Gasteiger charge is 2.25. The zero-order valence-corrected chi connectivity index (χ0v) is 25.9. The first-order valence-corrected chi connectivity index (χ1v) is 15.3. The van der Waals surface area contributed by atoms with Crippen LogP contribution in [0.1, 0.15) is 101 Å². The fraction of sp³-hybridized carbons (Fsp3) is 0.472. The Morgan fingerprint density at radius 3 is 1.88 bits per heavy atom. The molecule has 1 aromatic rings. The number of nitrogens with one attached hydrogen (secondary N) is 1. The van der Waals surface area contributed by atoms with Crippen molar-refractivity contribution >= 4 is 17.7 Å². The molecule has 0 heterocycles. The molecule has 3 N–H and O–H groups in total. The highest BCUT2D eigenvalue weighted by molar-refractivity contribution is 5.93. The summed E-state index contributed by atoms with van der Waals surface area (Å²) in [6.45, 7) is 8.10. The zero-order valence-electron chi connectivity index (χ0n) is 25.9. The molecule has 0 aliphatic carbocycles. The number of aromatic hydroxyl groups is 1. The van der Waals surface area contributed by atoms with Crippen LogP contribution in [0.15, 0.2) is 79.0 Å². The molecule has 0 aliphatic rings. The van der Waals surface area contributed by atoms with Crippen molar-refractivity contribution in [1.82, 2.24) is 5.32 Å². The van der Waals surface area contributed by atoms with E-state index in [9.17, 15) is 24.6 Å². The second-order valence-electron chi connectivity index (χ2n) is 10.9. The maximum Gasteiger partial charge on any atom is 0.339 e. The van der Waals surface area contributed by atoms with Crippen molar-refractivity contribution in [3.8, 4) is 5.75 Å². The van der Waals surface area contributed by atoms with Crippen LogP contribution in [0.3, 0.4) is 0 Å². The lowest BCUT2D eigenvalue weighted by Crippen LogP contribution is -2.45. The lowest BCUT2D eigenvalue weighted by Gasteiger charge is -2.23. The summed E-state index contributed by atoms with van der Waals surface area (Å²) in [7, 11) is 0. The first-order chi connectivity index (χ1) is 20.2. The molecule has 0 spiro atoms. The number of carbonyl (C=O) groups is 3. The van der Waals surface area contributed by atoms with Gasteiger partial charge in [0, 0.05) is 12.3 Å². The van der Waals surface area contributed by atoms with Gasteiger partial charge in [-0.25, -0.2) is 4.79 Å². The van der Waals surface area contributed by atoms with Crippen molar-refractivity contribution in [1.29, 1.82) is 0 Å². The molecule has 2 unspecified atom stereocenters. The van der Waals surface area contributed by atoms with Crippen LogP contribution in [0.2, 0.25) is 0 Å². The van der Waals surface area contributed by atoms with E-state index >= 15 is 0 Å². The van der Waals surface area contributed by atoms with Gasteiger partial charge >= 0.3 is 5.97 Å². The summed E-state index contributed by atoms with van der Waals surface area (Å²) in [6, 6.07) is 3.48. The molecular formula is C36H51NO5. The lowest BCUT2D eigenvalue weighted by molar-refractivity contribution is -0.130. The predicted molar refractivity (Wildman–Crippen MR) is 173 cm³/mol. The number of allylic oxidation sites excluding steroid dienone is 10. The Morgan fingerprint density at radius 2 is 1.38 bits per heavy atom. The van der Waals surface area contributed by atoms with Gasteiger partial charge in [-0.1, -0.05) is 94.5 Å². The largest absolute Gasteiger partial charge is 0.507 e. The van der Waals surface area contributed by atoms with Crippen molar-refractivity contribution in [2.24, 2.45) is 11.8 Å². The molecule has 1 amide bonds. The minimum atomic E-state index is -1.26. The molecule has 42 heavy (non-hydrogen) atoms. The number of carboxylic acid groups (broad SMARTS) is 1. The standard InChI is InChI=1S/C36H51NO5/c1-5-7-8-9-10-11-12-13-14-15-16-17-18-19-20-21-22-30(6-2)35(40)37-32(25-28(3)4)34(39)27-29-23-24-33(38)31(26-29)36(41)42/h7-8,10-11,13-14,16-17,19-20,23-24,26,28,30,32,38H,5-6,9,12,15,18,21-22,25,27H2,1-4H3,(H,37,40)(H,41,42)/b8-7-,11-10-,14-13-,17-16-,20-19-. The van der Waals surface area contributed by atoms with E-state index in [0.29, 0.717) is 24.8 Å². The van der Waals surface area contributed by atoms with Crippen molar-refractivity contribution in [2.75, 3.05) is 0 Å². The van der Waals surface area contributed by atoms with E-state index in [4.69, 9.17) is 0 Å². The Hall–Kier alpha value is -3.67. The average Bonchev–Trinajstić information content (AvgIpc) is 2.95.